The van der Waals surface area contributed by atoms with Crippen molar-refractivity contribution >= 4 is 56.0 Å². The van der Waals surface area contributed by atoms with Crippen LogP contribution < -0.4 is 0 Å². The number of amides is 4. The van der Waals surface area contributed by atoms with Crippen molar-refractivity contribution < 1.29 is 70.9 Å². The van der Waals surface area contributed by atoms with Gasteiger partial charge in [0.15, 0.2) is 0 Å². The summed E-state index contributed by atoms with van der Waals surface area (Å²) < 4.78 is 151. The van der Waals surface area contributed by atoms with Gasteiger partial charge in [-0.25, -0.2) is 0 Å². The first-order valence-electron chi connectivity index (χ1n) is 15.1. The third kappa shape index (κ3) is 6.21. The van der Waals surface area contributed by atoms with E-state index < -0.39 is 105 Å². The normalized spacial score (nSPS) is 15.0. The second kappa shape index (κ2) is 13.1. The van der Waals surface area contributed by atoms with E-state index in [2.05, 4.69) is 21.7 Å². The molecule has 0 N–H and O–H groups in total. The summed E-state index contributed by atoms with van der Waals surface area (Å²) >= 11 is 0. The molecule has 0 saturated heterocycles. The molecule has 12 nitrogen and oxygen atoms in total. The van der Waals surface area contributed by atoms with Crippen LogP contribution in [0.3, 0.4) is 0 Å². The van der Waals surface area contributed by atoms with Crippen molar-refractivity contribution in [1.82, 2.24) is 10.1 Å². The Labute approximate surface area is 306 Å². The van der Waals surface area contributed by atoms with Crippen LogP contribution in [0.2, 0.25) is 0 Å². The number of halogens is 6. The monoisotopic (exact) mass is 806 g/mol. The third-order valence-electron chi connectivity index (χ3n) is 8.57. The molecule has 284 valence electrons. The second-order valence-electron chi connectivity index (χ2n) is 11.7. The highest BCUT2D eigenvalue weighted by molar-refractivity contribution is 7.87. The van der Waals surface area contributed by atoms with E-state index in [4.69, 9.17) is 0 Å². The Hall–Kier alpha value is -5.96. The molecular weight excluding hydrogens is 787 g/mol. The van der Waals surface area contributed by atoms with Gasteiger partial charge in [-0.2, -0.15) is 43.2 Å². The number of carbonyl (C=O) groups excluding carboxylic acids is 4. The van der Waals surface area contributed by atoms with Gasteiger partial charge in [0.25, 0.3) is 23.6 Å². The first-order valence-corrected chi connectivity index (χ1v) is 17.9. The van der Waals surface area contributed by atoms with Crippen molar-refractivity contribution in [2.45, 2.75) is 27.6 Å². The fraction of sp³-hybridized carbons (Fsp3) is 0.0857. The van der Waals surface area contributed by atoms with Crippen LogP contribution in [-0.2, 0) is 34.2 Å². The fourth-order valence-corrected chi connectivity index (χ4v) is 7.62. The summed E-state index contributed by atoms with van der Waals surface area (Å²) in [5.41, 5.74) is -11.4. The van der Waals surface area contributed by atoms with Crippen molar-refractivity contribution in [2.75, 3.05) is 0 Å². The van der Waals surface area contributed by atoms with Crippen molar-refractivity contribution in [2.24, 2.45) is 0 Å². The molecule has 0 spiro atoms. The lowest BCUT2D eigenvalue weighted by Gasteiger charge is -2.38. The number of carbonyl (C=O) groups is 4. The maximum absolute atomic E-state index is 15.1. The Morgan fingerprint density at radius 2 is 0.800 bits per heavy atom. The predicted octanol–water partition coefficient (Wildman–Crippen LogP) is 6.22. The molecular formula is C35H20F6N2O10S2. The lowest BCUT2D eigenvalue weighted by molar-refractivity contribution is -0.288. The highest BCUT2D eigenvalue weighted by Crippen LogP contribution is 2.57. The fourth-order valence-electron chi connectivity index (χ4n) is 5.84. The number of hydrogen-bond donors (Lipinski definition) is 0. The maximum atomic E-state index is 15.1. The summed E-state index contributed by atoms with van der Waals surface area (Å²) in [6.07, 6.45) is -9.94. The molecule has 0 bridgehead atoms. The number of nitrogens with zero attached hydrogens (tertiary/aromatic N) is 2. The molecule has 4 aromatic carbocycles. The SMILES string of the molecule is C=Cc1ccc(S(=O)(=O)ON2C(=O)c3ccc(C(c4ccc5c(c4)C(=O)N(OS(=O)(=O)c4ccc(C=C)cc4)C5=O)(C(F)(F)F)C(F)(F)F)cc3C2=O)cc1. The van der Waals surface area contributed by atoms with Gasteiger partial charge in [-0.15, -0.1) is 18.7 Å². The molecule has 20 heteroatoms. The minimum Gasteiger partial charge on any atom is -0.266 e. The van der Waals surface area contributed by atoms with Crippen LogP contribution in [0.25, 0.3) is 12.2 Å². The Morgan fingerprint density at radius 1 is 0.491 bits per heavy atom. The van der Waals surface area contributed by atoms with Gasteiger partial charge in [0.2, 0.25) is 5.41 Å². The predicted molar refractivity (Wildman–Crippen MR) is 176 cm³/mol. The molecule has 0 saturated carbocycles. The van der Waals surface area contributed by atoms with Gasteiger partial charge in [-0.05, 0) is 70.8 Å². The summed E-state index contributed by atoms with van der Waals surface area (Å²) in [5, 5.41) is -0.686. The minimum absolute atomic E-state index is 0.0746. The lowest BCUT2D eigenvalue weighted by atomic mass is 9.71. The highest BCUT2D eigenvalue weighted by atomic mass is 32.2. The zero-order valence-corrected chi connectivity index (χ0v) is 28.8. The van der Waals surface area contributed by atoms with Crippen LogP contribution in [0.4, 0.5) is 26.3 Å². The number of hydrogen-bond acceptors (Lipinski definition) is 10. The molecule has 2 aliphatic rings. The third-order valence-corrected chi connectivity index (χ3v) is 11.0. The van der Waals surface area contributed by atoms with E-state index in [-0.39, 0.29) is 34.4 Å². The number of fused-ring (bicyclic) bond motifs is 2. The van der Waals surface area contributed by atoms with Crippen LogP contribution in [0.1, 0.15) is 63.7 Å². The summed E-state index contributed by atoms with van der Waals surface area (Å²) in [7, 11) is -9.91. The van der Waals surface area contributed by atoms with Crippen LogP contribution in [0.5, 0.6) is 0 Å². The number of imide groups is 2. The van der Waals surface area contributed by atoms with Gasteiger partial charge in [-0.1, -0.05) is 61.7 Å². The van der Waals surface area contributed by atoms with Crippen LogP contribution in [0, 0.1) is 0 Å². The van der Waals surface area contributed by atoms with Gasteiger partial charge in [0, 0.05) is 0 Å². The van der Waals surface area contributed by atoms with E-state index >= 15 is 26.3 Å². The van der Waals surface area contributed by atoms with E-state index in [1.54, 1.807) is 0 Å². The summed E-state index contributed by atoms with van der Waals surface area (Å²) in [6.45, 7) is 6.99. The van der Waals surface area contributed by atoms with Gasteiger partial charge in [-0.3, -0.25) is 19.2 Å². The second-order valence-corrected chi connectivity index (χ2v) is 14.7. The number of rotatable bonds is 10. The lowest BCUT2D eigenvalue weighted by Crippen LogP contribution is -2.55. The Kier molecular flexibility index (Phi) is 9.24. The van der Waals surface area contributed by atoms with Gasteiger partial charge < -0.3 is 0 Å². The average molecular weight is 807 g/mol. The van der Waals surface area contributed by atoms with E-state index in [0.29, 0.717) is 23.3 Å². The van der Waals surface area contributed by atoms with Crippen LogP contribution >= 0.6 is 0 Å². The van der Waals surface area contributed by atoms with Gasteiger partial charge in [0.05, 0.1) is 32.0 Å². The number of hydroxylamine groups is 4. The Bertz CT molecular complexity index is 2390. The molecule has 2 aliphatic heterocycles. The van der Waals surface area contributed by atoms with E-state index in [9.17, 15) is 36.0 Å². The van der Waals surface area contributed by atoms with Crippen LogP contribution in [0.15, 0.2) is 108 Å². The quantitative estimate of drug-likeness (QED) is 0.133. The molecule has 0 atom stereocenters. The van der Waals surface area contributed by atoms with E-state index in [1.165, 1.54) is 36.4 Å². The minimum atomic E-state index is -6.33. The molecule has 6 rings (SSSR count). The molecule has 0 aromatic heterocycles. The first-order chi connectivity index (χ1) is 25.6. The molecule has 55 heavy (non-hydrogen) atoms. The van der Waals surface area contributed by atoms with E-state index in [1.807, 2.05) is 0 Å². The Balaban J connectivity index is 1.40. The molecule has 0 radical (unpaired) electrons. The molecule has 2 heterocycles. The van der Waals surface area contributed by atoms with Crippen molar-refractivity contribution in [3.05, 3.63) is 143 Å². The molecule has 0 unspecified atom stereocenters. The Morgan fingerprint density at radius 3 is 1.09 bits per heavy atom. The molecule has 0 fully saturated rings. The largest absolute Gasteiger partial charge is 0.411 e. The van der Waals surface area contributed by atoms with Crippen molar-refractivity contribution in [3.63, 3.8) is 0 Å². The maximum Gasteiger partial charge on any atom is 0.411 e. The highest BCUT2D eigenvalue weighted by Gasteiger charge is 2.73. The standard InChI is InChI=1S/C35H20F6N2O10S2/c1-3-19-5-11-23(12-6-19)54(48,49)52-42-29(44)25-15-9-21(17-27(25)31(42)46)33(34(36,37)38,35(39,40)41)22-10-16-26-28(18-22)32(47)43(30(26)45)53-55(50,51)24-13-7-20(4-2)8-14-24/h3-18H,1-2H2. The van der Waals surface area contributed by atoms with Gasteiger partial charge in [0.1, 0.15) is 0 Å². The summed E-state index contributed by atoms with van der Waals surface area (Å²) in [4.78, 5) is 51.3. The number of alkyl halides is 6. The summed E-state index contributed by atoms with van der Waals surface area (Å²) in [6, 6.07) is 10.6. The number of benzene rings is 4. The summed E-state index contributed by atoms with van der Waals surface area (Å²) in [5.74, 6) is -6.52. The van der Waals surface area contributed by atoms with Crippen molar-refractivity contribution in [3.8, 4) is 0 Å². The first kappa shape index (κ1) is 38.8. The van der Waals surface area contributed by atoms with Crippen molar-refractivity contribution in [1.29, 1.82) is 0 Å². The topological polar surface area (TPSA) is 161 Å². The zero-order chi connectivity index (χ0) is 40.5. The smallest absolute Gasteiger partial charge is 0.266 e. The van der Waals surface area contributed by atoms with Crippen LogP contribution in [-0.4, -0.2) is 62.9 Å². The molecule has 4 amide bonds. The zero-order valence-electron chi connectivity index (χ0n) is 27.2. The molecule has 0 aliphatic carbocycles. The van der Waals surface area contributed by atoms with Gasteiger partial charge >= 0.3 is 32.6 Å². The van der Waals surface area contributed by atoms with E-state index in [0.717, 1.165) is 24.3 Å². The average Bonchev–Trinajstić information content (AvgIpc) is 3.49. The molecule has 4 aromatic rings.